The molecule has 1 fully saturated rings. The van der Waals surface area contributed by atoms with Crippen molar-refractivity contribution in [3.05, 3.63) is 102 Å². The van der Waals surface area contributed by atoms with Crippen molar-refractivity contribution in [2.45, 2.75) is 51.9 Å². The Bertz CT molecular complexity index is 1310. The second kappa shape index (κ2) is 13.2. The maximum absolute atomic E-state index is 10.3. The van der Waals surface area contributed by atoms with Crippen molar-refractivity contribution in [2.24, 2.45) is 0 Å². The minimum atomic E-state index is -0.745. The van der Waals surface area contributed by atoms with Crippen LogP contribution in [0.15, 0.2) is 85.2 Å². The fourth-order valence-corrected chi connectivity index (χ4v) is 5.06. The maximum atomic E-state index is 10.3. The van der Waals surface area contributed by atoms with Crippen molar-refractivity contribution >= 4 is 5.97 Å². The molecule has 3 atom stereocenters. The molecule has 1 aliphatic rings. The third-order valence-electron chi connectivity index (χ3n) is 7.13. The van der Waals surface area contributed by atoms with Gasteiger partial charge in [0.15, 0.2) is 5.82 Å². The van der Waals surface area contributed by atoms with E-state index >= 15 is 0 Å². The van der Waals surface area contributed by atoms with Crippen LogP contribution in [0.1, 0.15) is 49.9 Å². The zero-order valence-corrected chi connectivity index (χ0v) is 22.7. The lowest BCUT2D eigenvalue weighted by molar-refractivity contribution is -0.136. The lowest BCUT2D eigenvalue weighted by atomic mass is 9.92. The van der Waals surface area contributed by atoms with Crippen LogP contribution >= 0.6 is 0 Å². The molecule has 8 nitrogen and oxygen atoms in total. The normalized spacial score (nSPS) is 18.6. The Morgan fingerprint density at radius 3 is 2.31 bits per heavy atom. The lowest BCUT2D eigenvalue weighted by Crippen LogP contribution is -2.56. The van der Waals surface area contributed by atoms with Gasteiger partial charge in [-0.25, -0.2) is 4.98 Å². The van der Waals surface area contributed by atoms with E-state index in [4.69, 9.17) is 5.11 Å². The third kappa shape index (κ3) is 7.31. The van der Waals surface area contributed by atoms with Crippen molar-refractivity contribution in [1.82, 2.24) is 25.0 Å². The van der Waals surface area contributed by atoms with Crippen molar-refractivity contribution in [1.29, 1.82) is 0 Å². The molecule has 0 radical (unpaired) electrons. The van der Waals surface area contributed by atoms with E-state index in [-0.39, 0.29) is 12.5 Å². The van der Waals surface area contributed by atoms with Crippen LogP contribution in [0.5, 0.6) is 5.75 Å². The van der Waals surface area contributed by atoms with Gasteiger partial charge in [-0.15, -0.1) is 0 Å². The number of rotatable bonds is 7. The number of carbonyl (C=O) groups is 1. The minimum Gasteiger partial charge on any atom is -0.508 e. The number of hydrogen-bond acceptors (Lipinski definition) is 6. The van der Waals surface area contributed by atoms with E-state index in [1.54, 1.807) is 13.0 Å². The van der Waals surface area contributed by atoms with Gasteiger partial charge in [-0.3, -0.25) is 19.7 Å². The highest BCUT2D eigenvalue weighted by atomic mass is 16.4. The quantitative estimate of drug-likeness (QED) is 0.298. The average Bonchev–Trinajstić information content (AvgIpc) is 3.48. The van der Waals surface area contributed by atoms with Crippen molar-refractivity contribution < 1.29 is 15.0 Å². The van der Waals surface area contributed by atoms with Crippen LogP contribution in [0, 0.1) is 0 Å². The molecule has 1 saturated heterocycles. The second-order valence-corrected chi connectivity index (χ2v) is 10.0. The largest absolute Gasteiger partial charge is 0.508 e. The number of aromatic hydroxyl groups is 1. The number of carboxylic acid groups (broad SMARTS) is 1. The fourth-order valence-electron chi connectivity index (χ4n) is 5.06. The lowest BCUT2D eigenvalue weighted by Gasteiger charge is -2.47. The molecule has 0 aliphatic carbocycles. The van der Waals surface area contributed by atoms with Gasteiger partial charge in [-0.2, -0.15) is 5.10 Å². The fraction of sp³-hybridized carbons (Fsp3) is 0.323. The molecular formula is C31H37N5O3. The number of nitrogens with one attached hydrogen (secondary N) is 1. The molecule has 8 heteroatoms. The van der Waals surface area contributed by atoms with E-state index in [9.17, 15) is 9.90 Å². The molecule has 3 N–H and O–H groups in total. The van der Waals surface area contributed by atoms with Crippen LogP contribution in [0.4, 0.5) is 0 Å². The first-order chi connectivity index (χ1) is 18.9. The zero-order chi connectivity index (χ0) is 27.8. The van der Waals surface area contributed by atoms with Gasteiger partial charge in [-0.05, 0) is 42.7 Å². The summed E-state index contributed by atoms with van der Waals surface area (Å²) in [5.41, 5.74) is 4.65. The molecule has 0 spiro atoms. The van der Waals surface area contributed by atoms with E-state index in [1.165, 1.54) is 17.5 Å². The van der Waals surface area contributed by atoms with Gasteiger partial charge in [0.1, 0.15) is 12.1 Å². The van der Waals surface area contributed by atoms with Gasteiger partial charge in [0.2, 0.25) is 0 Å². The molecule has 4 aromatic rings. The number of carboxylic acids is 1. The monoisotopic (exact) mass is 527 g/mol. The molecule has 1 aliphatic heterocycles. The highest BCUT2D eigenvalue weighted by Crippen LogP contribution is 2.35. The molecule has 3 aromatic carbocycles. The number of aliphatic carboxylic acids is 1. The smallest absolute Gasteiger partial charge is 0.303 e. The van der Waals surface area contributed by atoms with Crippen molar-refractivity contribution in [3.63, 3.8) is 0 Å². The van der Waals surface area contributed by atoms with E-state index in [2.05, 4.69) is 99.5 Å². The molecule has 1 aromatic heterocycles. The summed E-state index contributed by atoms with van der Waals surface area (Å²) in [4.78, 5) is 18.8. The Labute approximate surface area is 230 Å². The Morgan fingerprint density at radius 1 is 0.974 bits per heavy atom. The van der Waals surface area contributed by atoms with Gasteiger partial charge in [0.25, 0.3) is 0 Å². The molecule has 204 valence electrons. The SMILES string of the molecule is CCC(=O)O.C[C@@H]1CN([C@H](c2ccc(-c3ncn[nH]3)cc2)c2cccc(O)c2)[C@@H](C)CN1Cc1ccccc1. The highest BCUT2D eigenvalue weighted by Gasteiger charge is 2.35. The minimum absolute atomic E-state index is 0.0483. The highest BCUT2D eigenvalue weighted by molar-refractivity contribution is 5.66. The number of aromatic amines is 1. The summed E-state index contributed by atoms with van der Waals surface area (Å²) in [6.07, 6.45) is 1.75. The van der Waals surface area contributed by atoms with Crippen molar-refractivity contribution in [3.8, 4) is 17.1 Å². The number of benzene rings is 3. The van der Waals surface area contributed by atoms with Gasteiger partial charge >= 0.3 is 5.97 Å². The van der Waals surface area contributed by atoms with Gasteiger partial charge < -0.3 is 10.2 Å². The zero-order valence-electron chi connectivity index (χ0n) is 22.7. The summed E-state index contributed by atoms with van der Waals surface area (Å²) >= 11 is 0. The Balaban J connectivity index is 0.000000648. The van der Waals surface area contributed by atoms with Crippen LogP contribution in [0.25, 0.3) is 11.4 Å². The molecule has 0 saturated carbocycles. The van der Waals surface area contributed by atoms with Gasteiger partial charge in [0.05, 0.1) is 6.04 Å². The van der Waals surface area contributed by atoms with Crippen LogP contribution in [-0.2, 0) is 11.3 Å². The summed E-state index contributed by atoms with van der Waals surface area (Å²) in [6.45, 7) is 9.11. The molecule has 0 unspecified atom stereocenters. The first kappa shape index (κ1) is 28.0. The summed E-state index contributed by atoms with van der Waals surface area (Å²) in [7, 11) is 0. The number of phenols is 1. The van der Waals surface area contributed by atoms with Crippen LogP contribution in [-0.4, -0.2) is 66.3 Å². The average molecular weight is 528 g/mol. The number of hydrogen-bond donors (Lipinski definition) is 3. The molecule has 0 bridgehead atoms. The summed E-state index contributed by atoms with van der Waals surface area (Å²) in [5, 5.41) is 24.9. The molecule has 5 rings (SSSR count). The number of piperazine rings is 1. The molecule has 0 amide bonds. The second-order valence-electron chi connectivity index (χ2n) is 10.0. The van der Waals surface area contributed by atoms with Gasteiger partial charge in [-0.1, -0.05) is 73.7 Å². The number of phenolic OH excluding ortho intramolecular Hbond substituents is 1. The summed E-state index contributed by atoms with van der Waals surface area (Å²) in [5.74, 6) is 0.311. The van der Waals surface area contributed by atoms with Crippen LogP contribution in [0.2, 0.25) is 0 Å². The Morgan fingerprint density at radius 2 is 1.69 bits per heavy atom. The van der Waals surface area contributed by atoms with E-state index in [0.717, 1.165) is 36.6 Å². The Hall–Kier alpha value is -4.01. The van der Waals surface area contributed by atoms with Gasteiger partial charge in [0, 0.05) is 43.7 Å². The Kier molecular flexibility index (Phi) is 9.46. The first-order valence-electron chi connectivity index (χ1n) is 13.4. The predicted octanol–water partition coefficient (Wildman–Crippen LogP) is 5.34. The summed E-state index contributed by atoms with van der Waals surface area (Å²) in [6, 6.07) is 27.7. The van der Waals surface area contributed by atoms with Crippen molar-refractivity contribution in [2.75, 3.05) is 13.1 Å². The molecule has 2 heterocycles. The van der Waals surface area contributed by atoms with E-state index < -0.39 is 5.97 Å². The standard InChI is InChI=1S/C28H31N5O.C3H6O2/c1-20-17-33(21(2)16-32(20)18-22-7-4-3-5-8-22)27(25-9-6-10-26(34)15-25)23-11-13-24(14-12-23)28-29-19-30-31-28;1-2-3(4)5/h3-15,19-21,27,34H,16-18H2,1-2H3,(H,29,30,31);2H2,1H3,(H,4,5)/t20-,21+,27-;/m1./s1. The molecular weight excluding hydrogens is 490 g/mol. The van der Waals surface area contributed by atoms with Crippen LogP contribution < -0.4 is 0 Å². The number of aromatic nitrogens is 3. The summed E-state index contributed by atoms with van der Waals surface area (Å²) < 4.78 is 0. The van der Waals surface area contributed by atoms with Crippen LogP contribution in [0.3, 0.4) is 0 Å². The predicted molar refractivity (Wildman–Crippen MR) is 152 cm³/mol. The molecule has 39 heavy (non-hydrogen) atoms. The number of nitrogens with zero attached hydrogens (tertiary/aromatic N) is 4. The number of H-pyrrole nitrogens is 1. The van der Waals surface area contributed by atoms with E-state index in [1.807, 2.05) is 12.1 Å². The first-order valence-corrected chi connectivity index (χ1v) is 13.4. The third-order valence-corrected chi connectivity index (χ3v) is 7.13. The van der Waals surface area contributed by atoms with E-state index in [0.29, 0.717) is 17.8 Å². The maximum Gasteiger partial charge on any atom is 0.303 e. The topological polar surface area (TPSA) is 106 Å².